The first-order valence-electron chi connectivity index (χ1n) is 9.13. The summed E-state index contributed by atoms with van der Waals surface area (Å²) in [6.45, 7) is 3.76. The Bertz CT molecular complexity index is 762. The highest BCUT2D eigenvalue weighted by Gasteiger charge is 2.31. The van der Waals surface area contributed by atoms with Crippen molar-refractivity contribution in [3.05, 3.63) is 29.6 Å². The molecule has 1 amide bonds. The van der Waals surface area contributed by atoms with Gasteiger partial charge in [-0.1, -0.05) is 6.92 Å². The third-order valence-corrected chi connectivity index (χ3v) is 7.03. The maximum atomic E-state index is 14.4. The minimum atomic E-state index is -3.77. The van der Waals surface area contributed by atoms with Crippen molar-refractivity contribution in [3.63, 3.8) is 0 Å². The Balaban J connectivity index is 1.91. The monoisotopic (exact) mass is 384 g/mol. The molecule has 2 fully saturated rings. The fourth-order valence-electron chi connectivity index (χ4n) is 3.61. The highest BCUT2D eigenvalue weighted by molar-refractivity contribution is 7.89. The highest BCUT2D eigenvalue weighted by atomic mass is 32.2. The number of sulfonamides is 1. The summed E-state index contributed by atoms with van der Waals surface area (Å²) in [4.78, 5) is 14.5. The summed E-state index contributed by atoms with van der Waals surface area (Å²) in [6.07, 6.45) is 3.64. The number of halogens is 1. The summed E-state index contributed by atoms with van der Waals surface area (Å²) in [7, 11) is -3.77. The Hall–Kier alpha value is -1.51. The summed E-state index contributed by atoms with van der Waals surface area (Å²) < 4.78 is 46.4. The van der Waals surface area contributed by atoms with Gasteiger partial charge in [0.2, 0.25) is 10.0 Å². The lowest BCUT2D eigenvalue weighted by Gasteiger charge is -2.35. The van der Waals surface area contributed by atoms with Gasteiger partial charge in [0.1, 0.15) is 5.82 Å². The molecule has 0 saturated carbocycles. The Morgan fingerprint density at radius 2 is 1.96 bits per heavy atom. The van der Waals surface area contributed by atoms with E-state index in [4.69, 9.17) is 4.74 Å². The molecule has 3 rings (SSSR count). The van der Waals surface area contributed by atoms with Crippen LogP contribution >= 0.6 is 0 Å². The molecule has 0 aliphatic carbocycles. The van der Waals surface area contributed by atoms with Gasteiger partial charge < -0.3 is 9.64 Å². The van der Waals surface area contributed by atoms with E-state index in [9.17, 15) is 17.6 Å². The number of nitrogens with zero attached hydrogens (tertiary/aromatic N) is 2. The molecule has 2 saturated heterocycles. The number of carbonyl (C=O) groups excluding carboxylic acids is 1. The number of benzene rings is 1. The predicted octanol–water partition coefficient (Wildman–Crippen LogP) is 2.25. The van der Waals surface area contributed by atoms with E-state index < -0.39 is 21.7 Å². The number of likely N-dealkylation sites (tertiary alicyclic amines) is 1. The fraction of sp³-hybridized carbons (Fsp3) is 0.611. The number of ether oxygens (including phenoxy) is 1. The lowest BCUT2D eigenvalue weighted by molar-refractivity contribution is 0.0602. The summed E-state index contributed by atoms with van der Waals surface area (Å²) in [5.74, 6) is -1.11. The van der Waals surface area contributed by atoms with Crippen LogP contribution in [-0.4, -0.2) is 62.4 Å². The molecule has 2 aliphatic heterocycles. The first-order chi connectivity index (χ1) is 12.4. The van der Waals surface area contributed by atoms with E-state index in [1.165, 1.54) is 16.4 Å². The molecule has 0 spiro atoms. The van der Waals surface area contributed by atoms with Crippen LogP contribution in [0.3, 0.4) is 0 Å². The highest BCUT2D eigenvalue weighted by Crippen LogP contribution is 2.25. The molecule has 2 aliphatic rings. The third kappa shape index (κ3) is 3.77. The van der Waals surface area contributed by atoms with E-state index in [2.05, 4.69) is 0 Å². The van der Waals surface area contributed by atoms with Crippen molar-refractivity contribution in [2.24, 2.45) is 0 Å². The molecule has 0 bridgehead atoms. The minimum Gasteiger partial charge on any atom is -0.379 e. The number of amides is 1. The Kier molecular flexibility index (Phi) is 5.94. The van der Waals surface area contributed by atoms with E-state index >= 15 is 0 Å². The molecule has 1 aromatic carbocycles. The lowest BCUT2D eigenvalue weighted by Crippen LogP contribution is -2.44. The molecular formula is C18H25FN2O4S. The minimum absolute atomic E-state index is 0.0470. The van der Waals surface area contributed by atoms with Crippen LogP contribution in [0.15, 0.2) is 23.1 Å². The zero-order chi connectivity index (χ0) is 18.7. The summed E-state index contributed by atoms with van der Waals surface area (Å²) >= 11 is 0. The molecule has 1 aromatic rings. The van der Waals surface area contributed by atoms with Crippen LogP contribution in [0.1, 0.15) is 43.0 Å². The van der Waals surface area contributed by atoms with E-state index in [0.29, 0.717) is 19.8 Å². The molecule has 1 atom stereocenters. The van der Waals surface area contributed by atoms with Crippen LogP contribution in [0.5, 0.6) is 0 Å². The summed E-state index contributed by atoms with van der Waals surface area (Å²) in [6, 6.07) is 3.56. The van der Waals surface area contributed by atoms with Gasteiger partial charge in [-0.05, 0) is 43.9 Å². The van der Waals surface area contributed by atoms with Crippen molar-refractivity contribution in [2.75, 3.05) is 32.8 Å². The van der Waals surface area contributed by atoms with Gasteiger partial charge in [0, 0.05) is 25.7 Å². The SMILES string of the molecule is CCC1CCCCN1C(=O)c1cc(S(=O)(=O)N2CCOCC2)ccc1F. The zero-order valence-corrected chi connectivity index (χ0v) is 15.8. The Labute approximate surface area is 154 Å². The maximum absolute atomic E-state index is 14.4. The third-order valence-electron chi connectivity index (χ3n) is 5.14. The number of morpholine rings is 1. The summed E-state index contributed by atoms with van der Waals surface area (Å²) in [5.41, 5.74) is -0.167. The van der Waals surface area contributed by atoms with Gasteiger partial charge in [-0.15, -0.1) is 0 Å². The maximum Gasteiger partial charge on any atom is 0.257 e. The van der Waals surface area contributed by atoms with Crippen LogP contribution in [0.25, 0.3) is 0 Å². The second-order valence-corrected chi connectivity index (χ2v) is 8.65. The number of carbonyl (C=O) groups is 1. The van der Waals surface area contributed by atoms with Gasteiger partial charge in [0.05, 0.1) is 23.7 Å². The zero-order valence-electron chi connectivity index (χ0n) is 15.0. The van der Waals surface area contributed by atoms with E-state index in [-0.39, 0.29) is 29.6 Å². The molecule has 144 valence electrons. The van der Waals surface area contributed by atoms with Crippen molar-refractivity contribution in [2.45, 2.75) is 43.5 Å². The number of hydrogen-bond donors (Lipinski definition) is 0. The molecule has 2 heterocycles. The van der Waals surface area contributed by atoms with Crippen LogP contribution in [0.4, 0.5) is 4.39 Å². The van der Waals surface area contributed by atoms with Gasteiger partial charge in [0.15, 0.2) is 0 Å². The van der Waals surface area contributed by atoms with Crippen molar-refractivity contribution >= 4 is 15.9 Å². The molecule has 1 unspecified atom stereocenters. The number of rotatable bonds is 4. The van der Waals surface area contributed by atoms with Gasteiger partial charge in [-0.25, -0.2) is 12.8 Å². The quantitative estimate of drug-likeness (QED) is 0.799. The second-order valence-electron chi connectivity index (χ2n) is 6.71. The normalized spacial score (nSPS) is 22.4. The lowest BCUT2D eigenvalue weighted by atomic mass is 9.99. The first kappa shape index (κ1) is 19.3. The van der Waals surface area contributed by atoms with Crippen molar-refractivity contribution in [1.82, 2.24) is 9.21 Å². The largest absolute Gasteiger partial charge is 0.379 e. The van der Waals surface area contributed by atoms with E-state index in [1.807, 2.05) is 6.92 Å². The van der Waals surface area contributed by atoms with E-state index in [0.717, 1.165) is 31.7 Å². The molecule has 8 heteroatoms. The Morgan fingerprint density at radius 3 is 2.65 bits per heavy atom. The van der Waals surface area contributed by atoms with Gasteiger partial charge in [-0.3, -0.25) is 4.79 Å². The molecule has 26 heavy (non-hydrogen) atoms. The van der Waals surface area contributed by atoms with Crippen LogP contribution in [0.2, 0.25) is 0 Å². The van der Waals surface area contributed by atoms with Crippen molar-refractivity contribution < 1.29 is 22.3 Å². The topological polar surface area (TPSA) is 66.9 Å². The van der Waals surface area contributed by atoms with E-state index in [1.54, 1.807) is 4.90 Å². The van der Waals surface area contributed by atoms with Crippen LogP contribution in [0, 0.1) is 5.82 Å². The standard InChI is InChI=1S/C18H25FN2O4S/c1-2-14-5-3-4-8-21(14)18(22)16-13-15(6-7-17(16)19)26(23,24)20-9-11-25-12-10-20/h6-7,13-14H,2-5,8-12H2,1H3. The predicted molar refractivity (Wildman–Crippen MR) is 94.9 cm³/mol. The van der Waals surface area contributed by atoms with Crippen LogP contribution < -0.4 is 0 Å². The molecule has 0 radical (unpaired) electrons. The van der Waals surface area contributed by atoms with Crippen LogP contribution in [-0.2, 0) is 14.8 Å². The summed E-state index contributed by atoms with van der Waals surface area (Å²) in [5, 5.41) is 0. The average Bonchev–Trinajstić information content (AvgIpc) is 2.68. The number of piperidine rings is 1. The molecule has 0 N–H and O–H groups in total. The van der Waals surface area contributed by atoms with Crippen molar-refractivity contribution in [1.29, 1.82) is 0 Å². The average molecular weight is 384 g/mol. The van der Waals surface area contributed by atoms with Crippen molar-refractivity contribution in [3.8, 4) is 0 Å². The fourth-order valence-corrected chi connectivity index (χ4v) is 5.05. The number of hydrogen-bond acceptors (Lipinski definition) is 4. The van der Waals surface area contributed by atoms with Gasteiger partial charge >= 0.3 is 0 Å². The smallest absolute Gasteiger partial charge is 0.257 e. The molecule has 0 aromatic heterocycles. The molecular weight excluding hydrogens is 359 g/mol. The Morgan fingerprint density at radius 1 is 1.23 bits per heavy atom. The van der Waals surface area contributed by atoms with Gasteiger partial charge in [-0.2, -0.15) is 4.31 Å². The second kappa shape index (κ2) is 8.02. The first-order valence-corrected chi connectivity index (χ1v) is 10.6. The molecule has 6 nitrogen and oxygen atoms in total. The van der Waals surface area contributed by atoms with Gasteiger partial charge in [0.25, 0.3) is 5.91 Å².